The summed E-state index contributed by atoms with van der Waals surface area (Å²) in [6.45, 7) is 8.13. The molecule has 0 heterocycles. The van der Waals surface area contributed by atoms with Crippen molar-refractivity contribution in [3.63, 3.8) is 0 Å². The van der Waals surface area contributed by atoms with E-state index in [0.29, 0.717) is 6.04 Å². The summed E-state index contributed by atoms with van der Waals surface area (Å²) in [5.74, 6) is 4.25. The van der Waals surface area contributed by atoms with Gasteiger partial charge in [-0.15, -0.1) is 0 Å². The molecule has 0 saturated heterocycles. The Bertz CT molecular complexity index is 211. The van der Waals surface area contributed by atoms with Gasteiger partial charge in [0.25, 0.3) is 0 Å². The molecule has 16 heavy (non-hydrogen) atoms. The third-order valence-corrected chi connectivity index (χ3v) is 4.78. The second-order valence-corrected chi connectivity index (χ2v) is 6.67. The summed E-state index contributed by atoms with van der Waals surface area (Å²) in [4.78, 5) is 0. The Kier molecular flexibility index (Phi) is 4.29. The van der Waals surface area contributed by atoms with Crippen LogP contribution in [0.5, 0.6) is 0 Å². The van der Waals surface area contributed by atoms with Crippen molar-refractivity contribution < 1.29 is 0 Å². The van der Waals surface area contributed by atoms with E-state index in [1.54, 1.807) is 25.7 Å². The molecule has 94 valence electrons. The largest absolute Gasteiger partial charge is 0.315 e. The summed E-state index contributed by atoms with van der Waals surface area (Å²) >= 11 is 0. The van der Waals surface area contributed by atoms with E-state index in [9.17, 15) is 0 Å². The molecule has 2 saturated carbocycles. The molecule has 2 rings (SSSR count). The Morgan fingerprint density at radius 3 is 2.50 bits per heavy atom. The fourth-order valence-corrected chi connectivity index (χ4v) is 3.92. The van der Waals surface area contributed by atoms with Gasteiger partial charge in [0.05, 0.1) is 0 Å². The zero-order valence-corrected chi connectivity index (χ0v) is 11.3. The minimum atomic E-state index is 0.648. The van der Waals surface area contributed by atoms with Crippen LogP contribution < -0.4 is 5.32 Å². The van der Waals surface area contributed by atoms with Crippen LogP contribution in [0.15, 0.2) is 0 Å². The van der Waals surface area contributed by atoms with Gasteiger partial charge < -0.3 is 5.32 Å². The fraction of sp³-hybridized carbons (Fsp3) is 1.00. The quantitative estimate of drug-likeness (QED) is 0.721. The lowest BCUT2D eigenvalue weighted by atomic mass is 9.82. The van der Waals surface area contributed by atoms with Crippen LogP contribution in [0.1, 0.15) is 59.3 Å². The number of hydrogen-bond acceptors (Lipinski definition) is 1. The van der Waals surface area contributed by atoms with Gasteiger partial charge in [-0.3, -0.25) is 0 Å². The SMILES string of the molecule is CC(CCNC(C)C)CC1CC2CCC1C2. The molecule has 4 atom stereocenters. The Balaban J connectivity index is 1.62. The molecular formula is C15H29N. The molecule has 2 aliphatic rings. The van der Waals surface area contributed by atoms with Crippen molar-refractivity contribution in [3.05, 3.63) is 0 Å². The van der Waals surface area contributed by atoms with Crippen molar-refractivity contribution in [3.8, 4) is 0 Å². The molecule has 1 heteroatoms. The minimum absolute atomic E-state index is 0.648. The molecule has 0 amide bonds. The molecule has 0 aromatic heterocycles. The molecule has 4 unspecified atom stereocenters. The maximum Gasteiger partial charge on any atom is 0.00103 e. The summed E-state index contributed by atoms with van der Waals surface area (Å²) < 4.78 is 0. The van der Waals surface area contributed by atoms with E-state index in [1.165, 1.54) is 19.4 Å². The van der Waals surface area contributed by atoms with Gasteiger partial charge >= 0.3 is 0 Å². The summed E-state index contributed by atoms with van der Waals surface area (Å²) in [6.07, 6.45) is 9.10. The number of hydrogen-bond donors (Lipinski definition) is 1. The Labute approximate surface area is 101 Å². The van der Waals surface area contributed by atoms with Crippen molar-refractivity contribution in [2.45, 2.75) is 65.3 Å². The first-order valence-electron chi connectivity index (χ1n) is 7.38. The molecule has 2 fully saturated rings. The Hall–Kier alpha value is -0.0400. The van der Waals surface area contributed by atoms with Gasteiger partial charge in [0.1, 0.15) is 0 Å². The van der Waals surface area contributed by atoms with Crippen molar-refractivity contribution in [1.82, 2.24) is 5.32 Å². The van der Waals surface area contributed by atoms with Gasteiger partial charge in [0, 0.05) is 6.04 Å². The summed E-state index contributed by atoms with van der Waals surface area (Å²) in [7, 11) is 0. The van der Waals surface area contributed by atoms with Crippen LogP contribution in [0.3, 0.4) is 0 Å². The Morgan fingerprint density at radius 2 is 1.94 bits per heavy atom. The minimum Gasteiger partial charge on any atom is -0.315 e. The summed E-state index contributed by atoms with van der Waals surface area (Å²) in [5, 5.41) is 3.54. The summed E-state index contributed by atoms with van der Waals surface area (Å²) in [5.41, 5.74) is 0. The maximum atomic E-state index is 3.54. The van der Waals surface area contributed by atoms with Crippen LogP contribution in [0.4, 0.5) is 0 Å². The normalized spacial score (nSPS) is 34.9. The smallest absolute Gasteiger partial charge is 0.00103 e. The molecule has 1 N–H and O–H groups in total. The lowest BCUT2D eigenvalue weighted by Gasteiger charge is -2.25. The average Bonchev–Trinajstić information content (AvgIpc) is 2.78. The van der Waals surface area contributed by atoms with Crippen LogP contribution >= 0.6 is 0 Å². The van der Waals surface area contributed by atoms with E-state index >= 15 is 0 Å². The van der Waals surface area contributed by atoms with Crippen LogP contribution in [-0.2, 0) is 0 Å². The first-order chi connectivity index (χ1) is 7.65. The van der Waals surface area contributed by atoms with E-state index in [-0.39, 0.29) is 0 Å². The van der Waals surface area contributed by atoms with Gasteiger partial charge in [-0.25, -0.2) is 0 Å². The maximum absolute atomic E-state index is 3.54. The Morgan fingerprint density at radius 1 is 1.12 bits per heavy atom. The van der Waals surface area contributed by atoms with E-state index in [1.807, 2.05) is 0 Å². The number of fused-ring (bicyclic) bond motifs is 2. The molecule has 0 aliphatic heterocycles. The summed E-state index contributed by atoms with van der Waals surface area (Å²) in [6, 6.07) is 0.648. The average molecular weight is 223 g/mol. The number of rotatable bonds is 6. The van der Waals surface area contributed by atoms with Crippen molar-refractivity contribution in [2.75, 3.05) is 6.54 Å². The molecule has 1 nitrogen and oxygen atoms in total. The lowest BCUT2D eigenvalue weighted by molar-refractivity contribution is 0.267. The highest BCUT2D eigenvalue weighted by Crippen LogP contribution is 2.50. The second kappa shape index (κ2) is 5.53. The highest BCUT2D eigenvalue weighted by atomic mass is 14.9. The lowest BCUT2D eigenvalue weighted by Crippen LogP contribution is -2.25. The highest BCUT2D eigenvalue weighted by molar-refractivity contribution is 4.90. The monoisotopic (exact) mass is 223 g/mol. The highest BCUT2D eigenvalue weighted by Gasteiger charge is 2.39. The van der Waals surface area contributed by atoms with E-state index in [0.717, 1.165) is 23.7 Å². The first-order valence-corrected chi connectivity index (χ1v) is 7.38. The van der Waals surface area contributed by atoms with Gasteiger partial charge in [0.2, 0.25) is 0 Å². The van der Waals surface area contributed by atoms with Crippen LogP contribution in [0, 0.1) is 23.7 Å². The van der Waals surface area contributed by atoms with Crippen molar-refractivity contribution in [2.24, 2.45) is 23.7 Å². The molecule has 2 aliphatic carbocycles. The molecule has 0 spiro atoms. The van der Waals surface area contributed by atoms with Crippen LogP contribution in [0.2, 0.25) is 0 Å². The van der Waals surface area contributed by atoms with Crippen molar-refractivity contribution >= 4 is 0 Å². The van der Waals surface area contributed by atoms with E-state index in [2.05, 4.69) is 26.1 Å². The molecule has 0 aromatic rings. The van der Waals surface area contributed by atoms with Gasteiger partial charge in [-0.2, -0.15) is 0 Å². The molecule has 0 radical (unpaired) electrons. The van der Waals surface area contributed by atoms with E-state index in [4.69, 9.17) is 0 Å². The van der Waals surface area contributed by atoms with Gasteiger partial charge in [-0.1, -0.05) is 27.2 Å². The van der Waals surface area contributed by atoms with Crippen LogP contribution in [-0.4, -0.2) is 12.6 Å². The molecule has 2 bridgehead atoms. The third kappa shape index (κ3) is 3.23. The zero-order valence-electron chi connectivity index (χ0n) is 11.3. The third-order valence-electron chi connectivity index (χ3n) is 4.78. The van der Waals surface area contributed by atoms with Crippen LogP contribution in [0.25, 0.3) is 0 Å². The zero-order chi connectivity index (χ0) is 11.5. The molecule has 0 aromatic carbocycles. The standard InChI is InChI=1S/C15H29N/c1-11(2)16-7-6-12(3)8-15-10-13-4-5-14(15)9-13/h11-16H,4-10H2,1-3H3. The predicted octanol–water partition coefficient (Wildman–Crippen LogP) is 3.84. The fourth-order valence-electron chi connectivity index (χ4n) is 3.92. The second-order valence-electron chi connectivity index (χ2n) is 6.67. The van der Waals surface area contributed by atoms with Gasteiger partial charge in [0.15, 0.2) is 0 Å². The first kappa shape index (κ1) is 12.4. The predicted molar refractivity (Wildman–Crippen MR) is 70.5 cm³/mol. The number of nitrogens with one attached hydrogen (secondary N) is 1. The topological polar surface area (TPSA) is 12.0 Å². The molecular weight excluding hydrogens is 194 g/mol. The van der Waals surface area contributed by atoms with Gasteiger partial charge in [-0.05, 0) is 62.3 Å². The van der Waals surface area contributed by atoms with E-state index < -0.39 is 0 Å². The van der Waals surface area contributed by atoms with Crippen molar-refractivity contribution in [1.29, 1.82) is 0 Å².